The fourth-order valence-electron chi connectivity index (χ4n) is 3.71. The lowest BCUT2D eigenvalue weighted by molar-refractivity contribution is 0.0615. The van der Waals surface area contributed by atoms with E-state index in [-0.39, 0.29) is 5.54 Å². The second kappa shape index (κ2) is 5.62. The Morgan fingerprint density at radius 3 is 2.86 bits per heavy atom. The fourth-order valence-corrected chi connectivity index (χ4v) is 3.71. The molecular weight excluding hydrogens is 260 g/mol. The molecule has 2 atom stereocenters. The van der Waals surface area contributed by atoms with Gasteiger partial charge in [0.25, 0.3) is 0 Å². The molecule has 0 amide bonds. The van der Waals surface area contributed by atoms with Crippen LogP contribution < -0.4 is 10.1 Å². The third-order valence-corrected chi connectivity index (χ3v) is 4.88. The summed E-state index contributed by atoms with van der Waals surface area (Å²) in [5.41, 5.74) is 1.58. The summed E-state index contributed by atoms with van der Waals surface area (Å²) in [6.07, 6.45) is 0. The number of nitrogens with one attached hydrogen (secondary N) is 1. The van der Waals surface area contributed by atoms with Crippen LogP contribution in [0.1, 0.15) is 39.2 Å². The first kappa shape index (κ1) is 14.9. The molecule has 0 aromatic heterocycles. The highest BCUT2D eigenvalue weighted by atomic mass is 16.5. The number of hydrogen-bond donors (Lipinski definition) is 1. The summed E-state index contributed by atoms with van der Waals surface area (Å²) in [7, 11) is 0. The zero-order valence-electron chi connectivity index (χ0n) is 13.7. The molecule has 2 aliphatic heterocycles. The molecule has 2 heterocycles. The topological polar surface area (TPSA) is 24.5 Å². The van der Waals surface area contributed by atoms with Gasteiger partial charge in [0, 0.05) is 42.7 Å². The Balaban J connectivity index is 1.76. The Morgan fingerprint density at radius 1 is 1.33 bits per heavy atom. The van der Waals surface area contributed by atoms with Crippen LogP contribution in [0.25, 0.3) is 0 Å². The summed E-state index contributed by atoms with van der Waals surface area (Å²) in [6, 6.07) is 9.13. The second-order valence-electron chi connectivity index (χ2n) is 7.55. The van der Waals surface area contributed by atoms with Crippen molar-refractivity contribution in [3.8, 4) is 5.75 Å². The number of rotatable bonds is 3. The van der Waals surface area contributed by atoms with Gasteiger partial charge in [-0.15, -0.1) is 0 Å². The Labute approximate surface area is 128 Å². The van der Waals surface area contributed by atoms with Crippen molar-refractivity contribution >= 4 is 0 Å². The van der Waals surface area contributed by atoms with Crippen LogP contribution in [-0.2, 0) is 0 Å². The van der Waals surface area contributed by atoms with Gasteiger partial charge in [0.05, 0.1) is 6.61 Å². The minimum atomic E-state index is 0.199. The van der Waals surface area contributed by atoms with E-state index in [1.165, 1.54) is 5.56 Å². The Bertz CT molecular complexity index is 498. The minimum Gasteiger partial charge on any atom is -0.493 e. The van der Waals surface area contributed by atoms with Gasteiger partial charge >= 0.3 is 0 Å². The molecule has 3 rings (SSSR count). The summed E-state index contributed by atoms with van der Waals surface area (Å²) in [5.74, 6) is 2.26. The summed E-state index contributed by atoms with van der Waals surface area (Å²) in [5, 5.41) is 3.69. The first-order valence-electron chi connectivity index (χ1n) is 8.17. The summed E-state index contributed by atoms with van der Waals surface area (Å²) >= 11 is 0. The molecule has 0 spiro atoms. The van der Waals surface area contributed by atoms with Crippen LogP contribution in [0.5, 0.6) is 5.75 Å². The SMILES string of the molecule is CC(C)C1CNC(C)(C)CN1CC1COc2ccccc21. The second-order valence-corrected chi connectivity index (χ2v) is 7.55. The summed E-state index contributed by atoms with van der Waals surface area (Å²) in [6.45, 7) is 13.4. The maximum atomic E-state index is 5.86. The van der Waals surface area contributed by atoms with Crippen LogP contribution in [0.3, 0.4) is 0 Å². The van der Waals surface area contributed by atoms with Crippen LogP contribution in [-0.4, -0.2) is 42.7 Å². The van der Waals surface area contributed by atoms with Gasteiger partial charge in [0.15, 0.2) is 0 Å². The van der Waals surface area contributed by atoms with E-state index in [0.717, 1.165) is 32.0 Å². The zero-order valence-corrected chi connectivity index (χ0v) is 13.7. The van der Waals surface area contributed by atoms with E-state index in [1.807, 2.05) is 0 Å². The van der Waals surface area contributed by atoms with Gasteiger partial charge in [-0.2, -0.15) is 0 Å². The van der Waals surface area contributed by atoms with E-state index in [1.54, 1.807) is 0 Å². The molecule has 1 saturated heterocycles. The van der Waals surface area contributed by atoms with E-state index in [9.17, 15) is 0 Å². The molecule has 2 unspecified atom stereocenters. The molecule has 0 saturated carbocycles. The van der Waals surface area contributed by atoms with E-state index < -0.39 is 0 Å². The van der Waals surface area contributed by atoms with Gasteiger partial charge in [-0.05, 0) is 25.8 Å². The lowest BCUT2D eigenvalue weighted by atomic mass is 9.91. The molecule has 3 nitrogen and oxygen atoms in total. The lowest BCUT2D eigenvalue weighted by Gasteiger charge is -2.47. The van der Waals surface area contributed by atoms with Crippen molar-refractivity contribution in [1.82, 2.24) is 10.2 Å². The van der Waals surface area contributed by atoms with E-state index >= 15 is 0 Å². The molecule has 116 valence electrons. The average Bonchev–Trinajstić information content (AvgIpc) is 2.81. The largest absolute Gasteiger partial charge is 0.493 e. The molecule has 0 radical (unpaired) electrons. The normalized spacial score (nSPS) is 28.4. The molecule has 0 bridgehead atoms. The molecular formula is C18H28N2O. The van der Waals surface area contributed by atoms with Gasteiger partial charge < -0.3 is 10.1 Å². The van der Waals surface area contributed by atoms with Gasteiger partial charge in [-0.1, -0.05) is 32.0 Å². The smallest absolute Gasteiger partial charge is 0.122 e. The highest BCUT2D eigenvalue weighted by Crippen LogP contribution is 2.35. The zero-order chi connectivity index (χ0) is 15.0. The van der Waals surface area contributed by atoms with Gasteiger partial charge in [0.2, 0.25) is 0 Å². The van der Waals surface area contributed by atoms with Crippen LogP contribution in [0, 0.1) is 5.92 Å². The van der Waals surface area contributed by atoms with E-state index in [0.29, 0.717) is 17.9 Å². The van der Waals surface area contributed by atoms with Crippen molar-refractivity contribution in [1.29, 1.82) is 0 Å². The Hall–Kier alpha value is -1.06. The third-order valence-electron chi connectivity index (χ3n) is 4.88. The predicted molar refractivity (Wildman–Crippen MR) is 87.0 cm³/mol. The van der Waals surface area contributed by atoms with Crippen molar-refractivity contribution in [2.24, 2.45) is 5.92 Å². The van der Waals surface area contributed by atoms with Crippen molar-refractivity contribution in [3.05, 3.63) is 29.8 Å². The Kier molecular flexibility index (Phi) is 3.98. The van der Waals surface area contributed by atoms with Crippen molar-refractivity contribution < 1.29 is 4.74 Å². The van der Waals surface area contributed by atoms with Crippen LogP contribution >= 0.6 is 0 Å². The van der Waals surface area contributed by atoms with Crippen molar-refractivity contribution in [3.63, 3.8) is 0 Å². The number of hydrogen-bond acceptors (Lipinski definition) is 3. The molecule has 3 heteroatoms. The molecule has 1 aromatic carbocycles. The summed E-state index contributed by atoms with van der Waals surface area (Å²) < 4.78 is 5.86. The minimum absolute atomic E-state index is 0.199. The number of ether oxygens (including phenoxy) is 1. The fraction of sp³-hybridized carbons (Fsp3) is 0.667. The van der Waals surface area contributed by atoms with Gasteiger partial charge in [-0.25, -0.2) is 0 Å². The average molecular weight is 288 g/mol. The maximum absolute atomic E-state index is 5.86. The molecule has 0 aliphatic carbocycles. The highest BCUT2D eigenvalue weighted by molar-refractivity contribution is 5.39. The van der Waals surface area contributed by atoms with Crippen LogP contribution in [0.4, 0.5) is 0 Å². The number of para-hydroxylation sites is 1. The molecule has 21 heavy (non-hydrogen) atoms. The number of benzene rings is 1. The first-order chi connectivity index (χ1) is 9.96. The van der Waals surface area contributed by atoms with E-state index in [4.69, 9.17) is 4.74 Å². The molecule has 1 fully saturated rings. The molecule has 1 aromatic rings. The van der Waals surface area contributed by atoms with Gasteiger partial charge in [-0.3, -0.25) is 4.90 Å². The van der Waals surface area contributed by atoms with Gasteiger partial charge in [0.1, 0.15) is 5.75 Å². The van der Waals surface area contributed by atoms with E-state index in [2.05, 4.69) is 62.2 Å². The summed E-state index contributed by atoms with van der Waals surface area (Å²) in [4.78, 5) is 2.68. The molecule has 1 N–H and O–H groups in total. The number of piperazine rings is 1. The monoisotopic (exact) mass is 288 g/mol. The quantitative estimate of drug-likeness (QED) is 0.925. The number of fused-ring (bicyclic) bond motifs is 1. The van der Waals surface area contributed by atoms with Crippen LogP contribution in [0.2, 0.25) is 0 Å². The predicted octanol–water partition coefficient (Wildman–Crippen LogP) is 2.87. The van der Waals surface area contributed by atoms with Crippen LogP contribution in [0.15, 0.2) is 24.3 Å². The maximum Gasteiger partial charge on any atom is 0.122 e. The number of nitrogens with zero attached hydrogens (tertiary/aromatic N) is 1. The van der Waals surface area contributed by atoms with Crippen molar-refractivity contribution in [2.45, 2.75) is 45.2 Å². The Morgan fingerprint density at radius 2 is 2.10 bits per heavy atom. The standard InChI is InChI=1S/C18H28N2O/c1-13(2)16-9-19-18(3,4)12-20(16)10-14-11-21-17-8-6-5-7-15(14)17/h5-8,13-14,16,19H,9-12H2,1-4H3. The first-order valence-corrected chi connectivity index (χ1v) is 8.17. The lowest BCUT2D eigenvalue weighted by Crippen LogP contribution is -2.63. The third kappa shape index (κ3) is 3.09. The molecule has 2 aliphatic rings. The van der Waals surface area contributed by atoms with Crippen molar-refractivity contribution in [2.75, 3.05) is 26.2 Å². The highest BCUT2D eigenvalue weighted by Gasteiger charge is 2.36.